The molecule has 0 unspecified atom stereocenters. The van der Waals surface area contributed by atoms with Crippen LogP contribution in [0.5, 0.6) is 0 Å². The third-order valence-corrected chi connectivity index (χ3v) is 5.05. The van der Waals surface area contributed by atoms with Crippen molar-refractivity contribution in [1.29, 1.82) is 0 Å². The minimum Gasteiger partial charge on any atom is -0.481 e. The largest absolute Gasteiger partial charge is 0.481 e. The second-order valence-electron chi connectivity index (χ2n) is 5.01. The number of nitrogens with one attached hydrogen (secondary N) is 1. The third kappa shape index (κ3) is 3.80. The summed E-state index contributed by atoms with van der Waals surface area (Å²) >= 11 is 0. The fraction of sp³-hybridized carbons (Fsp3) is 0.385. The first-order valence-electron chi connectivity index (χ1n) is 5.86. The molecule has 0 aliphatic rings. The molecule has 0 aromatic heterocycles. The molecule has 110 valence electrons. The zero-order chi connectivity index (χ0) is 15.6. The van der Waals surface area contributed by atoms with Crippen molar-refractivity contribution in [2.75, 3.05) is 11.6 Å². The van der Waals surface area contributed by atoms with Crippen molar-refractivity contribution in [3.8, 4) is 0 Å². The fourth-order valence-corrected chi connectivity index (χ4v) is 1.77. The van der Waals surface area contributed by atoms with Crippen molar-refractivity contribution in [1.82, 2.24) is 0 Å². The topological polar surface area (TPSA) is 101 Å². The van der Waals surface area contributed by atoms with Crippen LogP contribution in [0.4, 0.5) is 5.69 Å². The van der Waals surface area contributed by atoms with Crippen molar-refractivity contribution >= 4 is 27.4 Å². The van der Waals surface area contributed by atoms with Crippen LogP contribution in [-0.2, 0) is 25.8 Å². The lowest BCUT2D eigenvalue weighted by atomic mass is 10.1. The van der Waals surface area contributed by atoms with E-state index in [1.165, 1.54) is 19.9 Å². The summed E-state index contributed by atoms with van der Waals surface area (Å²) in [6, 6.07) is 6.29. The molecule has 1 rings (SSSR count). The normalized spacial score (nSPS) is 11.9. The van der Waals surface area contributed by atoms with Gasteiger partial charge in [0.15, 0.2) is 9.84 Å². The third-order valence-electron chi connectivity index (χ3n) is 3.01. The maximum atomic E-state index is 12.0. The molecule has 0 atom stereocenters. The van der Waals surface area contributed by atoms with Crippen LogP contribution in [0.25, 0.3) is 0 Å². The van der Waals surface area contributed by atoms with Crippen LogP contribution in [0, 0.1) is 0 Å². The van der Waals surface area contributed by atoms with Crippen LogP contribution in [0.15, 0.2) is 24.3 Å². The van der Waals surface area contributed by atoms with Gasteiger partial charge in [0.2, 0.25) is 5.91 Å². The summed E-state index contributed by atoms with van der Waals surface area (Å²) in [4.78, 5) is 22.6. The summed E-state index contributed by atoms with van der Waals surface area (Å²) in [7, 11) is -3.56. The number of amides is 1. The first kappa shape index (κ1) is 16.2. The number of carbonyl (C=O) groups excluding carboxylic acids is 1. The molecule has 0 fully saturated rings. The molecule has 1 aromatic rings. The summed E-state index contributed by atoms with van der Waals surface area (Å²) in [6.45, 7) is 2.64. The van der Waals surface area contributed by atoms with Gasteiger partial charge in [-0.15, -0.1) is 0 Å². The maximum absolute atomic E-state index is 12.0. The number of hydrogen-bond donors (Lipinski definition) is 2. The SMILES string of the molecule is CC(C)(C(=O)Nc1cccc(CC(=O)O)c1)S(C)(=O)=O. The first-order chi connectivity index (χ1) is 9.04. The van der Waals surface area contributed by atoms with Gasteiger partial charge in [-0.05, 0) is 31.5 Å². The Balaban J connectivity index is 2.94. The molecule has 1 amide bonds. The lowest BCUT2D eigenvalue weighted by Crippen LogP contribution is -2.43. The van der Waals surface area contributed by atoms with E-state index in [0.29, 0.717) is 11.3 Å². The zero-order valence-electron chi connectivity index (χ0n) is 11.5. The van der Waals surface area contributed by atoms with Crippen molar-refractivity contribution in [2.24, 2.45) is 0 Å². The number of benzene rings is 1. The summed E-state index contributed by atoms with van der Waals surface area (Å²) < 4.78 is 21.6. The predicted octanol–water partition coefficient (Wildman–Crippen LogP) is 1.08. The van der Waals surface area contributed by atoms with Crippen molar-refractivity contribution in [3.63, 3.8) is 0 Å². The highest BCUT2D eigenvalue weighted by atomic mass is 32.2. The van der Waals surface area contributed by atoms with Crippen LogP contribution in [-0.4, -0.2) is 36.4 Å². The highest BCUT2D eigenvalue weighted by molar-refractivity contribution is 7.92. The van der Waals surface area contributed by atoms with Crippen LogP contribution in [0.2, 0.25) is 0 Å². The van der Waals surface area contributed by atoms with E-state index in [1.807, 2.05) is 0 Å². The molecule has 0 heterocycles. The Labute approximate surface area is 117 Å². The van der Waals surface area contributed by atoms with E-state index in [4.69, 9.17) is 5.11 Å². The second-order valence-corrected chi connectivity index (χ2v) is 7.57. The Hall–Kier alpha value is -1.89. The Morgan fingerprint density at radius 3 is 2.40 bits per heavy atom. The molecule has 0 saturated carbocycles. The smallest absolute Gasteiger partial charge is 0.307 e. The van der Waals surface area contributed by atoms with Gasteiger partial charge in [0.05, 0.1) is 6.42 Å². The Morgan fingerprint density at radius 2 is 1.90 bits per heavy atom. The minimum absolute atomic E-state index is 0.167. The van der Waals surface area contributed by atoms with Gasteiger partial charge < -0.3 is 10.4 Å². The molecule has 1 aromatic carbocycles. The van der Waals surface area contributed by atoms with Gasteiger partial charge >= 0.3 is 5.97 Å². The second kappa shape index (κ2) is 5.62. The van der Waals surface area contributed by atoms with Gasteiger partial charge in [0.1, 0.15) is 4.75 Å². The lowest BCUT2D eigenvalue weighted by Gasteiger charge is -2.21. The Morgan fingerprint density at radius 1 is 1.30 bits per heavy atom. The molecular formula is C13H17NO5S. The van der Waals surface area contributed by atoms with E-state index in [0.717, 1.165) is 6.26 Å². The van der Waals surface area contributed by atoms with Gasteiger partial charge in [0.25, 0.3) is 0 Å². The number of hydrogen-bond acceptors (Lipinski definition) is 4. The average molecular weight is 299 g/mol. The molecule has 0 saturated heterocycles. The van der Waals surface area contributed by atoms with Crippen LogP contribution in [0.3, 0.4) is 0 Å². The number of anilines is 1. The van der Waals surface area contributed by atoms with Crippen LogP contribution < -0.4 is 5.32 Å². The number of carboxylic acid groups (broad SMARTS) is 1. The van der Waals surface area contributed by atoms with Crippen molar-refractivity contribution < 1.29 is 23.1 Å². The van der Waals surface area contributed by atoms with Crippen molar-refractivity contribution in [2.45, 2.75) is 25.0 Å². The minimum atomic E-state index is -3.56. The standard InChI is InChI=1S/C13H17NO5S/c1-13(2,20(3,18)19)12(17)14-10-6-4-5-9(7-10)8-11(15)16/h4-7H,8H2,1-3H3,(H,14,17)(H,15,16). The van der Waals surface area contributed by atoms with E-state index < -0.39 is 26.5 Å². The Bertz CT molecular complexity index is 634. The summed E-state index contributed by atoms with van der Waals surface area (Å²) in [5.74, 6) is -1.64. The molecule has 20 heavy (non-hydrogen) atoms. The van der Waals surface area contributed by atoms with Crippen molar-refractivity contribution in [3.05, 3.63) is 29.8 Å². The van der Waals surface area contributed by atoms with Gasteiger partial charge in [0, 0.05) is 11.9 Å². The summed E-state index contributed by atoms with van der Waals surface area (Å²) in [6.07, 6.45) is 0.826. The van der Waals surface area contributed by atoms with E-state index in [1.54, 1.807) is 18.2 Å². The molecule has 0 radical (unpaired) electrons. The summed E-state index contributed by atoms with van der Waals surface area (Å²) in [5, 5.41) is 11.2. The molecule has 0 aliphatic heterocycles. The molecule has 7 heteroatoms. The van der Waals surface area contributed by atoms with Crippen LogP contribution >= 0.6 is 0 Å². The molecule has 6 nitrogen and oxygen atoms in total. The quantitative estimate of drug-likeness (QED) is 0.847. The van der Waals surface area contributed by atoms with Gasteiger partial charge in [-0.3, -0.25) is 9.59 Å². The molecule has 0 spiro atoms. The highest BCUT2D eigenvalue weighted by Gasteiger charge is 2.38. The van der Waals surface area contributed by atoms with E-state index in [9.17, 15) is 18.0 Å². The number of carbonyl (C=O) groups is 2. The number of rotatable bonds is 5. The fourth-order valence-electron chi connectivity index (χ4n) is 1.38. The summed E-state index contributed by atoms with van der Waals surface area (Å²) in [5.41, 5.74) is 0.887. The zero-order valence-corrected chi connectivity index (χ0v) is 12.3. The van der Waals surface area contributed by atoms with E-state index >= 15 is 0 Å². The number of aliphatic carboxylic acids is 1. The Kier molecular flexibility index (Phi) is 4.54. The van der Waals surface area contributed by atoms with E-state index in [2.05, 4.69) is 5.32 Å². The van der Waals surface area contributed by atoms with Gasteiger partial charge in [-0.1, -0.05) is 12.1 Å². The maximum Gasteiger partial charge on any atom is 0.307 e. The van der Waals surface area contributed by atoms with E-state index in [-0.39, 0.29) is 6.42 Å². The molecule has 0 bridgehead atoms. The molecular weight excluding hydrogens is 282 g/mol. The van der Waals surface area contributed by atoms with Gasteiger partial charge in [-0.2, -0.15) is 0 Å². The van der Waals surface area contributed by atoms with Crippen LogP contribution in [0.1, 0.15) is 19.4 Å². The number of sulfone groups is 1. The lowest BCUT2D eigenvalue weighted by molar-refractivity contribution is -0.136. The van der Waals surface area contributed by atoms with Gasteiger partial charge in [-0.25, -0.2) is 8.42 Å². The highest BCUT2D eigenvalue weighted by Crippen LogP contribution is 2.19. The first-order valence-corrected chi connectivity index (χ1v) is 7.75. The monoisotopic (exact) mass is 299 g/mol. The number of carboxylic acids is 1. The average Bonchev–Trinajstić information content (AvgIpc) is 2.26. The molecule has 2 N–H and O–H groups in total. The molecule has 0 aliphatic carbocycles. The predicted molar refractivity (Wildman–Crippen MR) is 75.3 cm³/mol.